The molecule has 0 spiro atoms. The fourth-order valence-electron chi connectivity index (χ4n) is 2.42. The lowest BCUT2D eigenvalue weighted by atomic mass is 10.1. The maximum Gasteiger partial charge on any atom is 0.191 e. The normalized spacial score (nSPS) is 11.8. The van der Waals surface area contributed by atoms with E-state index in [0.29, 0.717) is 0 Å². The fraction of sp³-hybridized carbons (Fsp3) is 0.611. The van der Waals surface area contributed by atoms with Crippen LogP contribution < -0.4 is 10.6 Å². The van der Waals surface area contributed by atoms with Gasteiger partial charge in [0.2, 0.25) is 0 Å². The zero-order valence-electron chi connectivity index (χ0n) is 14.7. The van der Waals surface area contributed by atoms with Crippen LogP contribution in [-0.2, 0) is 6.54 Å². The number of aryl methyl sites for hydroxylation is 1. The minimum absolute atomic E-state index is 0.811. The zero-order chi connectivity index (χ0) is 16.2. The van der Waals surface area contributed by atoms with Crippen LogP contribution in [-0.4, -0.2) is 44.1 Å². The minimum atomic E-state index is 0.811. The predicted octanol–water partition coefficient (Wildman–Crippen LogP) is 2.78. The molecule has 0 heterocycles. The highest BCUT2D eigenvalue weighted by Crippen LogP contribution is 2.05. The molecule has 0 aliphatic rings. The molecule has 2 N–H and O–H groups in total. The van der Waals surface area contributed by atoms with Crippen LogP contribution >= 0.6 is 0 Å². The van der Waals surface area contributed by atoms with E-state index in [4.69, 9.17) is 0 Å². The van der Waals surface area contributed by atoms with Gasteiger partial charge in [-0.1, -0.05) is 38.1 Å². The largest absolute Gasteiger partial charge is 0.356 e. The van der Waals surface area contributed by atoms with Crippen LogP contribution in [0.5, 0.6) is 0 Å². The van der Waals surface area contributed by atoms with E-state index < -0.39 is 0 Å². The van der Waals surface area contributed by atoms with Crippen molar-refractivity contribution >= 4 is 5.96 Å². The molecule has 0 aliphatic heterocycles. The maximum absolute atomic E-state index is 4.28. The Morgan fingerprint density at radius 2 is 1.82 bits per heavy atom. The molecular formula is C18H32N4. The SMILES string of the molecule is CCN(CC)CCCCNC(=NC)NCc1ccccc1C. The molecule has 124 valence electrons. The van der Waals surface area contributed by atoms with Crippen LogP contribution in [0.4, 0.5) is 0 Å². The first kappa shape index (κ1) is 18.5. The molecule has 1 rings (SSSR count). The summed E-state index contributed by atoms with van der Waals surface area (Å²) in [6.07, 6.45) is 2.39. The van der Waals surface area contributed by atoms with Crippen LogP contribution in [0.3, 0.4) is 0 Å². The lowest BCUT2D eigenvalue weighted by Crippen LogP contribution is -2.37. The Kier molecular flexibility index (Phi) is 9.31. The smallest absolute Gasteiger partial charge is 0.191 e. The lowest BCUT2D eigenvalue weighted by Gasteiger charge is -2.18. The Hall–Kier alpha value is -1.55. The summed E-state index contributed by atoms with van der Waals surface area (Å²) in [6.45, 7) is 11.8. The first-order valence-corrected chi connectivity index (χ1v) is 8.42. The number of nitrogens with zero attached hydrogens (tertiary/aromatic N) is 2. The second-order valence-corrected chi connectivity index (χ2v) is 5.51. The number of hydrogen-bond donors (Lipinski definition) is 2. The number of rotatable bonds is 9. The van der Waals surface area contributed by atoms with Crippen LogP contribution in [0, 0.1) is 6.92 Å². The summed E-state index contributed by atoms with van der Waals surface area (Å²) in [6, 6.07) is 8.44. The highest BCUT2D eigenvalue weighted by atomic mass is 15.2. The molecule has 22 heavy (non-hydrogen) atoms. The maximum atomic E-state index is 4.28. The standard InChI is InChI=1S/C18H32N4/c1-5-22(6-2)14-10-9-13-20-18(19-4)21-15-17-12-8-7-11-16(17)3/h7-8,11-12H,5-6,9-10,13-15H2,1-4H3,(H2,19,20,21). The Balaban J connectivity index is 2.22. The van der Waals surface area contributed by atoms with E-state index in [0.717, 1.165) is 32.1 Å². The van der Waals surface area contributed by atoms with Crippen molar-refractivity contribution in [2.24, 2.45) is 4.99 Å². The third-order valence-corrected chi connectivity index (χ3v) is 4.02. The van der Waals surface area contributed by atoms with Gasteiger partial charge in [0.1, 0.15) is 0 Å². The summed E-state index contributed by atoms with van der Waals surface area (Å²) in [5, 5.41) is 6.77. The molecule has 0 saturated heterocycles. The topological polar surface area (TPSA) is 39.7 Å². The molecule has 0 aliphatic carbocycles. The van der Waals surface area contributed by atoms with E-state index in [1.807, 2.05) is 7.05 Å². The predicted molar refractivity (Wildman–Crippen MR) is 96.4 cm³/mol. The Labute approximate surface area is 136 Å². The molecule has 0 bridgehead atoms. The zero-order valence-corrected chi connectivity index (χ0v) is 14.7. The summed E-state index contributed by atoms with van der Waals surface area (Å²) < 4.78 is 0. The van der Waals surface area contributed by atoms with Crippen molar-refractivity contribution in [1.82, 2.24) is 15.5 Å². The van der Waals surface area contributed by atoms with Gasteiger partial charge in [-0.15, -0.1) is 0 Å². The Bertz CT molecular complexity index is 438. The summed E-state index contributed by atoms with van der Waals surface area (Å²) in [5.74, 6) is 0.881. The van der Waals surface area contributed by atoms with Gasteiger partial charge >= 0.3 is 0 Å². The van der Waals surface area contributed by atoms with Crippen LogP contribution in [0.2, 0.25) is 0 Å². The van der Waals surface area contributed by atoms with Gasteiger partial charge in [0.15, 0.2) is 5.96 Å². The average molecular weight is 304 g/mol. The van der Waals surface area contributed by atoms with E-state index in [2.05, 4.69) is 65.6 Å². The van der Waals surface area contributed by atoms with Crippen molar-refractivity contribution in [3.63, 3.8) is 0 Å². The highest BCUT2D eigenvalue weighted by Gasteiger charge is 2.01. The molecule has 0 amide bonds. The van der Waals surface area contributed by atoms with Crippen molar-refractivity contribution in [1.29, 1.82) is 0 Å². The van der Waals surface area contributed by atoms with E-state index >= 15 is 0 Å². The Morgan fingerprint density at radius 3 is 2.45 bits per heavy atom. The van der Waals surface area contributed by atoms with E-state index in [9.17, 15) is 0 Å². The number of nitrogens with one attached hydrogen (secondary N) is 2. The molecule has 4 heteroatoms. The number of guanidine groups is 1. The molecule has 0 aromatic heterocycles. The summed E-state index contributed by atoms with van der Waals surface area (Å²) in [4.78, 5) is 6.75. The third kappa shape index (κ3) is 6.94. The second-order valence-electron chi connectivity index (χ2n) is 5.51. The van der Waals surface area contributed by atoms with Crippen molar-refractivity contribution in [3.8, 4) is 0 Å². The van der Waals surface area contributed by atoms with E-state index in [1.54, 1.807) is 0 Å². The van der Waals surface area contributed by atoms with Gasteiger partial charge in [0, 0.05) is 20.1 Å². The first-order valence-electron chi connectivity index (χ1n) is 8.42. The first-order chi connectivity index (χ1) is 10.7. The molecule has 0 unspecified atom stereocenters. The highest BCUT2D eigenvalue weighted by molar-refractivity contribution is 5.79. The Morgan fingerprint density at radius 1 is 1.09 bits per heavy atom. The monoisotopic (exact) mass is 304 g/mol. The summed E-state index contributed by atoms with van der Waals surface area (Å²) >= 11 is 0. The number of hydrogen-bond acceptors (Lipinski definition) is 2. The average Bonchev–Trinajstić information content (AvgIpc) is 2.55. The van der Waals surface area contributed by atoms with Crippen molar-refractivity contribution in [3.05, 3.63) is 35.4 Å². The molecular weight excluding hydrogens is 272 g/mol. The lowest BCUT2D eigenvalue weighted by molar-refractivity contribution is 0.297. The van der Waals surface area contributed by atoms with E-state index in [1.165, 1.54) is 30.5 Å². The van der Waals surface area contributed by atoms with Crippen molar-refractivity contribution in [2.45, 2.75) is 40.2 Å². The van der Waals surface area contributed by atoms with Gasteiger partial charge in [-0.3, -0.25) is 4.99 Å². The number of aliphatic imine (C=N–C) groups is 1. The molecule has 0 fully saturated rings. The number of unbranched alkanes of at least 4 members (excludes halogenated alkanes) is 1. The van der Waals surface area contributed by atoms with Crippen LogP contribution in [0.15, 0.2) is 29.3 Å². The molecule has 1 aromatic carbocycles. The minimum Gasteiger partial charge on any atom is -0.356 e. The third-order valence-electron chi connectivity index (χ3n) is 4.02. The van der Waals surface area contributed by atoms with Gasteiger partial charge in [-0.25, -0.2) is 0 Å². The molecule has 0 saturated carbocycles. The summed E-state index contributed by atoms with van der Waals surface area (Å²) in [7, 11) is 1.82. The number of benzene rings is 1. The van der Waals surface area contributed by atoms with Gasteiger partial charge in [0.25, 0.3) is 0 Å². The van der Waals surface area contributed by atoms with Gasteiger partial charge in [-0.05, 0) is 50.5 Å². The fourth-order valence-corrected chi connectivity index (χ4v) is 2.42. The van der Waals surface area contributed by atoms with E-state index in [-0.39, 0.29) is 0 Å². The quantitative estimate of drug-likeness (QED) is 0.419. The molecule has 0 atom stereocenters. The second kappa shape index (κ2) is 11.1. The van der Waals surface area contributed by atoms with Gasteiger partial charge in [-0.2, -0.15) is 0 Å². The molecule has 4 nitrogen and oxygen atoms in total. The summed E-state index contributed by atoms with van der Waals surface area (Å²) in [5.41, 5.74) is 2.62. The molecule has 1 aromatic rings. The van der Waals surface area contributed by atoms with Crippen LogP contribution in [0.1, 0.15) is 37.8 Å². The molecule has 0 radical (unpaired) electrons. The van der Waals surface area contributed by atoms with Crippen LogP contribution in [0.25, 0.3) is 0 Å². The van der Waals surface area contributed by atoms with Crippen molar-refractivity contribution in [2.75, 3.05) is 33.2 Å². The van der Waals surface area contributed by atoms with Gasteiger partial charge < -0.3 is 15.5 Å². The van der Waals surface area contributed by atoms with Crippen molar-refractivity contribution < 1.29 is 0 Å². The van der Waals surface area contributed by atoms with Gasteiger partial charge in [0.05, 0.1) is 0 Å².